The van der Waals surface area contributed by atoms with Gasteiger partial charge in [0.05, 0.1) is 45.7 Å². The number of benzene rings is 2. The lowest BCUT2D eigenvalue weighted by atomic mass is 9.70. The molecule has 6 rings (SSSR count). The van der Waals surface area contributed by atoms with Gasteiger partial charge in [0, 0.05) is 13.7 Å². The third kappa shape index (κ3) is 8.45. The van der Waals surface area contributed by atoms with Crippen LogP contribution in [0, 0.1) is 18.8 Å². The van der Waals surface area contributed by atoms with Gasteiger partial charge in [-0.3, -0.25) is 9.59 Å². The first-order valence-electron chi connectivity index (χ1n) is 16.1. The molecule has 2 unspecified atom stereocenters. The van der Waals surface area contributed by atoms with Crippen LogP contribution in [-0.4, -0.2) is 61.5 Å². The fourth-order valence-electron chi connectivity index (χ4n) is 6.63. The summed E-state index contributed by atoms with van der Waals surface area (Å²) in [5.41, 5.74) is -1.56. The van der Waals surface area contributed by atoms with Gasteiger partial charge in [-0.05, 0) is 75.1 Å². The van der Waals surface area contributed by atoms with E-state index in [1.165, 1.54) is 37.7 Å². The SMILES string of the molecule is CCCC(C)CC(C)COC.COc1ccc2nc(C)sc2c1C(=O)Nc1ccccc1C(=O)NC12CCC(C(F)(F)F)(CC1)OC2. The number of amides is 2. The van der Waals surface area contributed by atoms with Gasteiger partial charge in [0.25, 0.3) is 11.8 Å². The summed E-state index contributed by atoms with van der Waals surface area (Å²) in [5.74, 6) is 1.01. The zero-order chi connectivity index (χ0) is 34.4. The Kier molecular flexibility index (Phi) is 11.9. The number of nitrogens with one attached hydrogen (secondary N) is 2. The van der Waals surface area contributed by atoms with Crippen LogP contribution in [0.2, 0.25) is 0 Å². The molecule has 1 saturated carbocycles. The number of para-hydroxylation sites is 1. The number of aryl methyl sites for hydroxylation is 1. The smallest absolute Gasteiger partial charge is 0.417 e. The number of thiazole rings is 1. The van der Waals surface area contributed by atoms with Gasteiger partial charge in [-0.15, -0.1) is 11.3 Å². The third-order valence-electron chi connectivity index (χ3n) is 9.07. The number of methoxy groups -OCH3 is 2. The van der Waals surface area contributed by atoms with Gasteiger partial charge >= 0.3 is 6.18 Å². The molecule has 2 N–H and O–H groups in total. The fourth-order valence-corrected chi connectivity index (χ4v) is 7.58. The van der Waals surface area contributed by atoms with Gasteiger partial charge in [-0.25, -0.2) is 4.98 Å². The number of ether oxygens (including phenoxy) is 3. The molecule has 1 aromatic heterocycles. The number of alkyl halides is 3. The van der Waals surface area contributed by atoms with Crippen molar-refractivity contribution in [2.24, 2.45) is 11.8 Å². The van der Waals surface area contributed by atoms with Crippen LogP contribution in [0.25, 0.3) is 10.2 Å². The average molecular weight is 678 g/mol. The maximum absolute atomic E-state index is 13.5. The van der Waals surface area contributed by atoms with Crippen LogP contribution < -0.4 is 15.4 Å². The first kappa shape index (κ1) is 36.6. The van der Waals surface area contributed by atoms with Crippen LogP contribution in [-0.2, 0) is 9.47 Å². The second-order valence-electron chi connectivity index (χ2n) is 12.9. The minimum Gasteiger partial charge on any atom is -0.496 e. The van der Waals surface area contributed by atoms with E-state index in [9.17, 15) is 22.8 Å². The molecule has 2 aromatic carbocycles. The summed E-state index contributed by atoms with van der Waals surface area (Å²) < 4.78 is 56.8. The summed E-state index contributed by atoms with van der Waals surface area (Å²) in [5, 5.41) is 6.50. The summed E-state index contributed by atoms with van der Waals surface area (Å²) in [6, 6.07) is 9.94. The molecule has 8 nitrogen and oxygen atoms in total. The maximum Gasteiger partial charge on any atom is 0.417 e. The standard InChI is InChI=1S/C25H24F3N3O4S.C10H22O/c1-14-29-17-7-8-18(34-2)19(20(17)36-14)22(33)30-16-6-4-3-5-15(16)21(32)31-23-9-11-24(12-10-23,35-13-23)25(26,27)28;1-5-6-9(2)7-10(3)8-11-4/h3-8H,9-13H2,1-2H3,(H,30,33)(H,31,32);9-10H,5-8H2,1-4H3. The molecule has 258 valence electrons. The second-order valence-corrected chi connectivity index (χ2v) is 14.1. The van der Waals surface area contributed by atoms with E-state index >= 15 is 0 Å². The molecule has 2 aliphatic heterocycles. The molecule has 2 saturated heterocycles. The third-order valence-corrected chi connectivity index (χ3v) is 10.1. The van der Waals surface area contributed by atoms with Crippen molar-refractivity contribution in [2.75, 3.05) is 32.8 Å². The monoisotopic (exact) mass is 677 g/mol. The lowest BCUT2D eigenvalue weighted by Crippen LogP contribution is -2.66. The molecule has 2 atom stereocenters. The van der Waals surface area contributed by atoms with E-state index < -0.39 is 29.1 Å². The molecule has 2 amide bonds. The summed E-state index contributed by atoms with van der Waals surface area (Å²) >= 11 is 1.36. The number of anilines is 1. The number of fused-ring (bicyclic) bond motifs is 4. The van der Waals surface area contributed by atoms with Gasteiger partial charge in [0.2, 0.25) is 0 Å². The zero-order valence-corrected chi connectivity index (χ0v) is 28.8. The highest BCUT2D eigenvalue weighted by Gasteiger charge is 2.63. The van der Waals surface area contributed by atoms with Crippen molar-refractivity contribution in [3.8, 4) is 5.75 Å². The van der Waals surface area contributed by atoms with E-state index in [1.807, 2.05) is 6.92 Å². The summed E-state index contributed by atoms with van der Waals surface area (Å²) in [6.45, 7) is 9.38. The number of carbonyl (C=O) groups excluding carboxylic acids is 2. The number of halogens is 3. The molecule has 3 fully saturated rings. The van der Waals surface area contributed by atoms with Gasteiger partial charge in [-0.1, -0.05) is 45.7 Å². The van der Waals surface area contributed by atoms with Crippen LogP contribution >= 0.6 is 11.3 Å². The predicted octanol–water partition coefficient (Wildman–Crippen LogP) is 8.33. The van der Waals surface area contributed by atoms with E-state index in [-0.39, 0.29) is 43.5 Å². The van der Waals surface area contributed by atoms with Crippen LogP contribution in [0.15, 0.2) is 36.4 Å². The van der Waals surface area contributed by atoms with Crippen molar-refractivity contribution in [3.05, 3.63) is 52.5 Å². The Morgan fingerprint density at radius 2 is 1.74 bits per heavy atom. The lowest BCUT2D eigenvalue weighted by molar-refractivity contribution is -0.317. The first-order valence-corrected chi connectivity index (χ1v) is 16.9. The summed E-state index contributed by atoms with van der Waals surface area (Å²) in [6.07, 6.45) is -0.550. The molecule has 3 aromatic rings. The number of hydrogen-bond donors (Lipinski definition) is 2. The van der Waals surface area contributed by atoms with Crippen LogP contribution in [0.3, 0.4) is 0 Å². The predicted molar refractivity (Wildman–Crippen MR) is 178 cm³/mol. The van der Waals surface area contributed by atoms with Gasteiger partial charge in [0.1, 0.15) is 11.3 Å². The Hall–Kier alpha value is -3.22. The highest BCUT2D eigenvalue weighted by Crippen LogP contribution is 2.51. The first-order chi connectivity index (χ1) is 22.3. The number of hydrogen-bond acceptors (Lipinski definition) is 7. The molecule has 47 heavy (non-hydrogen) atoms. The molecule has 1 aliphatic carbocycles. The van der Waals surface area contributed by atoms with E-state index in [1.54, 1.807) is 43.5 Å². The van der Waals surface area contributed by atoms with Crippen molar-refractivity contribution in [1.82, 2.24) is 10.3 Å². The summed E-state index contributed by atoms with van der Waals surface area (Å²) in [7, 11) is 3.25. The largest absolute Gasteiger partial charge is 0.496 e. The van der Waals surface area contributed by atoms with Crippen molar-refractivity contribution >= 4 is 39.1 Å². The molecule has 3 aliphatic rings. The molecule has 0 radical (unpaired) electrons. The van der Waals surface area contributed by atoms with Gasteiger partial charge in [0.15, 0.2) is 5.60 Å². The van der Waals surface area contributed by atoms with Crippen molar-refractivity contribution < 1.29 is 37.0 Å². The number of rotatable bonds is 11. The highest BCUT2D eigenvalue weighted by atomic mass is 32.1. The van der Waals surface area contributed by atoms with Crippen LogP contribution in [0.1, 0.15) is 91.4 Å². The summed E-state index contributed by atoms with van der Waals surface area (Å²) in [4.78, 5) is 31.1. The Labute approximate surface area is 278 Å². The topological polar surface area (TPSA) is 98.8 Å². The normalized spacial score (nSPS) is 21.8. The van der Waals surface area contributed by atoms with Crippen molar-refractivity contribution in [3.63, 3.8) is 0 Å². The van der Waals surface area contributed by atoms with E-state index in [4.69, 9.17) is 14.2 Å². The molecule has 12 heteroatoms. The number of aromatic nitrogens is 1. The van der Waals surface area contributed by atoms with E-state index in [0.29, 0.717) is 21.5 Å². The van der Waals surface area contributed by atoms with Gasteiger partial charge in [-0.2, -0.15) is 13.2 Å². The van der Waals surface area contributed by atoms with E-state index in [0.717, 1.165) is 23.5 Å². The average Bonchev–Trinajstić information content (AvgIpc) is 3.41. The molecule has 3 heterocycles. The van der Waals surface area contributed by atoms with Crippen molar-refractivity contribution in [2.45, 2.75) is 90.0 Å². The number of carbonyl (C=O) groups is 2. The van der Waals surface area contributed by atoms with Crippen LogP contribution in [0.5, 0.6) is 5.75 Å². The highest BCUT2D eigenvalue weighted by molar-refractivity contribution is 7.19. The Bertz CT molecular complexity index is 1510. The minimum atomic E-state index is -4.44. The van der Waals surface area contributed by atoms with Crippen molar-refractivity contribution in [1.29, 1.82) is 0 Å². The Balaban J connectivity index is 0.000000391. The van der Waals surface area contributed by atoms with E-state index in [2.05, 4.69) is 36.4 Å². The number of nitrogens with zero attached hydrogens (tertiary/aromatic N) is 1. The second kappa shape index (κ2) is 15.3. The Morgan fingerprint density at radius 3 is 2.34 bits per heavy atom. The van der Waals surface area contributed by atoms with Crippen LogP contribution in [0.4, 0.5) is 18.9 Å². The quantitative estimate of drug-likeness (QED) is 0.212. The molecule has 0 spiro atoms. The Morgan fingerprint density at radius 1 is 1.04 bits per heavy atom. The molecular weight excluding hydrogens is 631 g/mol. The minimum absolute atomic E-state index is 0.163. The molecular formula is C35H46F3N3O5S. The van der Waals surface area contributed by atoms with Gasteiger partial charge < -0.3 is 24.8 Å². The lowest BCUT2D eigenvalue weighted by Gasteiger charge is -2.53. The zero-order valence-electron chi connectivity index (χ0n) is 28.0. The fraction of sp³-hybridized carbons (Fsp3) is 0.571. The maximum atomic E-state index is 13.5. The molecule has 2 bridgehead atoms.